The molecule has 0 aromatic carbocycles. The first kappa shape index (κ1) is 18.3. The predicted octanol–water partition coefficient (Wildman–Crippen LogP) is 2.78. The van der Waals surface area contributed by atoms with Gasteiger partial charge in [0.15, 0.2) is 0 Å². The first-order chi connectivity index (χ1) is 8.06. The number of rotatable bonds is 4. The van der Waals surface area contributed by atoms with Crippen LogP contribution in [-0.2, 0) is 14.3 Å². The monoisotopic (exact) mass is 328 g/mol. The van der Waals surface area contributed by atoms with Crippen molar-refractivity contribution in [2.24, 2.45) is 0 Å². The molecular formula is C6H5F9O3S. The fourth-order valence-corrected chi connectivity index (χ4v) is 2.08. The highest BCUT2D eigenvalue weighted by Gasteiger charge is 2.87. The third-order valence-electron chi connectivity index (χ3n) is 1.74. The Balaban J connectivity index is 6.30. The van der Waals surface area contributed by atoms with Crippen LogP contribution in [0.4, 0.5) is 39.5 Å². The summed E-state index contributed by atoms with van der Waals surface area (Å²) in [7, 11) is -6.93. The van der Waals surface area contributed by atoms with Crippen molar-refractivity contribution < 1.29 is 52.1 Å². The van der Waals surface area contributed by atoms with Gasteiger partial charge in [0.2, 0.25) is 0 Å². The molecule has 0 aromatic heterocycles. The Morgan fingerprint density at radius 2 is 1.21 bits per heavy atom. The summed E-state index contributed by atoms with van der Waals surface area (Å²) in [5.41, 5.74) is 0. The molecule has 0 N–H and O–H groups in total. The zero-order valence-electron chi connectivity index (χ0n) is 8.74. The molecule has 0 heterocycles. The van der Waals surface area contributed by atoms with Gasteiger partial charge in [-0.1, -0.05) is 0 Å². The van der Waals surface area contributed by atoms with E-state index in [0.29, 0.717) is 6.92 Å². The van der Waals surface area contributed by atoms with Gasteiger partial charge in [0.05, 0.1) is 6.61 Å². The van der Waals surface area contributed by atoms with Gasteiger partial charge in [-0.3, -0.25) is 4.18 Å². The highest BCUT2D eigenvalue weighted by molar-refractivity contribution is 7.88. The molecule has 0 aliphatic rings. The molecule has 3 nitrogen and oxygen atoms in total. The van der Waals surface area contributed by atoms with Crippen LogP contribution in [0.1, 0.15) is 6.92 Å². The summed E-state index contributed by atoms with van der Waals surface area (Å²) in [6, 6.07) is 0. The van der Waals surface area contributed by atoms with Gasteiger partial charge in [-0.05, 0) is 6.92 Å². The quantitative estimate of drug-likeness (QED) is 0.589. The van der Waals surface area contributed by atoms with Crippen LogP contribution >= 0.6 is 0 Å². The molecule has 116 valence electrons. The molecular weight excluding hydrogens is 323 g/mol. The van der Waals surface area contributed by atoms with Crippen LogP contribution in [0.5, 0.6) is 0 Å². The van der Waals surface area contributed by atoms with Gasteiger partial charge in [0.25, 0.3) is 0 Å². The lowest BCUT2D eigenvalue weighted by Gasteiger charge is -2.34. The number of halogens is 9. The maximum Gasteiger partial charge on any atom is 0.458 e. The second-order valence-electron chi connectivity index (χ2n) is 3.03. The van der Waals surface area contributed by atoms with Gasteiger partial charge in [0, 0.05) is 0 Å². The second-order valence-corrected chi connectivity index (χ2v) is 4.73. The molecule has 1 unspecified atom stereocenters. The van der Waals surface area contributed by atoms with Crippen molar-refractivity contribution in [3.05, 3.63) is 0 Å². The fraction of sp³-hybridized carbons (Fsp3) is 1.00. The molecule has 0 bridgehead atoms. The van der Waals surface area contributed by atoms with Gasteiger partial charge in [-0.15, -0.1) is 0 Å². The molecule has 0 radical (unpaired) electrons. The first-order valence-corrected chi connectivity index (χ1v) is 5.56. The SMILES string of the molecule is CCOS(=O)(=O)C(F)(C(F)(F)F)C(F)(F)C(F)(F)F. The van der Waals surface area contributed by atoms with Crippen molar-refractivity contribution >= 4 is 10.1 Å². The van der Waals surface area contributed by atoms with Gasteiger partial charge >= 0.3 is 33.4 Å². The highest BCUT2D eigenvalue weighted by atomic mass is 32.2. The lowest BCUT2D eigenvalue weighted by Crippen LogP contribution is -2.66. The third-order valence-corrected chi connectivity index (χ3v) is 3.46. The van der Waals surface area contributed by atoms with E-state index in [-0.39, 0.29) is 0 Å². The molecule has 0 saturated carbocycles. The van der Waals surface area contributed by atoms with Crippen molar-refractivity contribution in [2.45, 2.75) is 30.2 Å². The van der Waals surface area contributed by atoms with E-state index in [1.807, 2.05) is 0 Å². The van der Waals surface area contributed by atoms with Gasteiger partial charge in [0.1, 0.15) is 0 Å². The summed E-state index contributed by atoms with van der Waals surface area (Å²) >= 11 is 0. The molecule has 13 heteroatoms. The standard InChI is InChI=1S/C6H5F9O3S/c1-2-18-19(16,17)4(9,6(13,14)15)3(7,8)5(10,11)12/h2H2,1H3. The van der Waals surface area contributed by atoms with Gasteiger partial charge < -0.3 is 0 Å². The molecule has 0 rings (SSSR count). The van der Waals surface area contributed by atoms with Crippen LogP contribution in [-0.4, -0.2) is 38.3 Å². The van der Waals surface area contributed by atoms with Crippen LogP contribution in [0.15, 0.2) is 0 Å². The lowest BCUT2D eigenvalue weighted by molar-refractivity contribution is -0.359. The van der Waals surface area contributed by atoms with E-state index in [1.165, 1.54) is 0 Å². The van der Waals surface area contributed by atoms with Gasteiger partial charge in [-0.2, -0.15) is 43.5 Å². The maximum atomic E-state index is 13.2. The van der Waals surface area contributed by atoms with E-state index in [4.69, 9.17) is 0 Å². The lowest BCUT2D eigenvalue weighted by atomic mass is 10.2. The molecule has 0 aliphatic heterocycles. The Bertz CT molecular complexity index is 422. The average molecular weight is 328 g/mol. The summed E-state index contributed by atoms with van der Waals surface area (Å²) < 4.78 is 135. The average Bonchev–Trinajstić information content (AvgIpc) is 2.12. The zero-order valence-corrected chi connectivity index (χ0v) is 9.56. The minimum atomic E-state index is -7.24. The summed E-state index contributed by atoms with van der Waals surface area (Å²) in [5, 5.41) is -6.94. The molecule has 0 fully saturated rings. The summed E-state index contributed by atoms with van der Waals surface area (Å²) in [6.45, 7) is -0.613. The second kappa shape index (κ2) is 4.68. The molecule has 0 aromatic rings. The topological polar surface area (TPSA) is 43.4 Å². The summed E-state index contributed by atoms with van der Waals surface area (Å²) in [5.74, 6) is -7.24. The Labute approximate surface area is 100 Å². The zero-order chi connectivity index (χ0) is 15.9. The minimum absolute atomic E-state index is 0.653. The van der Waals surface area contributed by atoms with Crippen molar-refractivity contribution in [3.63, 3.8) is 0 Å². The molecule has 1 atom stereocenters. The summed E-state index contributed by atoms with van der Waals surface area (Å²) in [6.07, 6.45) is -14.2. The van der Waals surface area contributed by atoms with Crippen LogP contribution in [0.25, 0.3) is 0 Å². The van der Waals surface area contributed by atoms with Crippen LogP contribution in [0.2, 0.25) is 0 Å². The van der Waals surface area contributed by atoms with E-state index < -0.39 is 40.0 Å². The summed E-state index contributed by atoms with van der Waals surface area (Å²) in [4.78, 5) is 0. The third kappa shape index (κ3) is 2.61. The first-order valence-electron chi connectivity index (χ1n) is 4.15. The maximum absolute atomic E-state index is 13.2. The number of hydrogen-bond acceptors (Lipinski definition) is 3. The van der Waals surface area contributed by atoms with Crippen LogP contribution in [0.3, 0.4) is 0 Å². The van der Waals surface area contributed by atoms with Crippen molar-refractivity contribution in [1.82, 2.24) is 0 Å². The molecule has 0 aliphatic carbocycles. The Morgan fingerprint density at radius 1 is 0.842 bits per heavy atom. The van der Waals surface area contributed by atoms with Crippen molar-refractivity contribution in [3.8, 4) is 0 Å². The highest BCUT2D eigenvalue weighted by Crippen LogP contribution is 2.55. The Hall–Kier alpha value is -0.720. The van der Waals surface area contributed by atoms with E-state index in [1.54, 1.807) is 0 Å². The van der Waals surface area contributed by atoms with Crippen molar-refractivity contribution in [1.29, 1.82) is 0 Å². The normalized spacial score (nSPS) is 18.2. The largest absolute Gasteiger partial charge is 0.458 e. The van der Waals surface area contributed by atoms with Crippen molar-refractivity contribution in [2.75, 3.05) is 6.61 Å². The van der Waals surface area contributed by atoms with Crippen LogP contribution < -0.4 is 0 Å². The smallest absolute Gasteiger partial charge is 0.267 e. The Morgan fingerprint density at radius 3 is 1.42 bits per heavy atom. The molecule has 0 amide bonds. The predicted molar refractivity (Wildman–Crippen MR) is 41.4 cm³/mol. The molecule has 0 spiro atoms. The molecule has 19 heavy (non-hydrogen) atoms. The van der Waals surface area contributed by atoms with E-state index in [2.05, 4.69) is 4.18 Å². The minimum Gasteiger partial charge on any atom is -0.267 e. The van der Waals surface area contributed by atoms with E-state index in [0.717, 1.165) is 0 Å². The van der Waals surface area contributed by atoms with E-state index >= 15 is 0 Å². The number of alkyl halides is 9. The number of hydrogen-bond donors (Lipinski definition) is 0. The fourth-order valence-electron chi connectivity index (χ4n) is 0.895. The Kier molecular flexibility index (Phi) is 4.50. The van der Waals surface area contributed by atoms with Crippen LogP contribution in [0, 0.1) is 0 Å². The molecule has 0 saturated heterocycles. The van der Waals surface area contributed by atoms with E-state index in [9.17, 15) is 47.9 Å². The van der Waals surface area contributed by atoms with Gasteiger partial charge in [-0.25, -0.2) is 4.39 Å².